The Balaban J connectivity index is 4.24. The van der Waals surface area contributed by atoms with Crippen LogP contribution in [0.4, 0.5) is 0 Å². The molecule has 0 aliphatic rings. The van der Waals surface area contributed by atoms with E-state index >= 15 is 0 Å². The molecule has 11 heavy (non-hydrogen) atoms. The lowest BCUT2D eigenvalue weighted by Crippen LogP contribution is -2.34. The standard InChI is InChI=1S/C8H14O3/c1-4-6(2)5-8(3,11)7(9)10/h4,11H,5H2,1-3H3,(H,9,10)/b6-4-. The highest BCUT2D eigenvalue weighted by molar-refractivity contribution is 5.76. The maximum absolute atomic E-state index is 10.4. The molecule has 1 atom stereocenters. The maximum Gasteiger partial charge on any atom is 0.335 e. The van der Waals surface area contributed by atoms with Crippen molar-refractivity contribution in [2.24, 2.45) is 0 Å². The number of allylic oxidation sites excluding steroid dienone is 1. The van der Waals surface area contributed by atoms with E-state index in [9.17, 15) is 9.90 Å². The van der Waals surface area contributed by atoms with E-state index in [1.54, 1.807) is 13.0 Å². The highest BCUT2D eigenvalue weighted by Gasteiger charge is 2.29. The maximum atomic E-state index is 10.4. The number of carboxylic acids is 1. The van der Waals surface area contributed by atoms with E-state index in [2.05, 4.69) is 0 Å². The van der Waals surface area contributed by atoms with Crippen molar-refractivity contribution in [1.82, 2.24) is 0 Å². The Kier molecular flexibility index (Phi) is 3.26. The molecule has 1 unspecified atom stereocenters. The van der Waals surface area contributed by atoms with Crippen LogP contribution < -0.4 is 0 Å². The molecule has 0 saturated carbocycles. The number of hydrogen-bond donors (Lipinski definition) is 2. The molecule has 0 aromatic heterocycles. The largest absolute Gasteiger partial charge is 0.479 e. The Bertz CT molecular complexity index is 180. The van der Waals surface area contributed by atoms with Gasteiger partial charge in [0.1, 0.15) is 0 Å². The number of carboxylic acid groups (broad SMARTS) is 1. The van der Waals surface area contributed by atoms with Crippen molar-refractivity contribution in [3.63, 3.8) is 0 Å². The molecule has 0 aliphatic carbocycles. The highest BCUT2D eigenvalue weighted by Crippen LogP contribution is 2.15. The summed E-state index contributed by atoms with van der Waals surface area (Å²) in [4.78, 5) is 10.4. The third-order valence-electron chi connectivity index (χ3n) is 1.58. The number of rotatable bonds is 3. The highest BCUT2D eigenvalue weighted by atomic mass is 16.4. The lowest BCUT2D eigenvalue weighted by atomic mass is 9.98. The molecule has 0 fully saturated rings. The van der Waals surface area contributed by atoms with Crippen LogP contribution in [-0.2, 0) is 4.79 Å². The first-order valence-corrected chi connectivity index (χ1v) is 3.47. The van der Waals surface area contributed by atoms with Crippen molar-refractivity contribution in [1.29, 1.82) is 0 Å². The number of aliphatic carboxylic acids is 1. The second kappa shape index (κ2) is 3.53. The van der Waals surface area contributed by atoms with Crippen LogP contribution in [0.15, 0.2) is 11.6 Å². The minimum absolute atomic E-state index is 0.179. The van der Waals surface area contributed by atoms with Crippen LogP contribution in [-0.4, -0.2) is 21.8 Å². The molecule has 0 spiro atoms. The van der Waals surface area contributed by atoms with Gasteiger partial charge in [0, 0.05) is 6.42 Å². The molecule has 0 aromatic rings. The zero-order valence-corrected chi connectivity index (χ0v) is 7.09. The summed E-state index contributed by atoms with van der Waals surface area (Å²) >= 11 is 0. The van der Waals surface area contributed by atoms with Crippen molar-refractivity contribution >= 4 is 5.97 Å². The summed E-state index contributed by atoms with van der Waals surface area (Å²) < 4.78 is 0. The summed E-state index contributed by atoms with van der Waals surface area (Å²) in [6, 6.07) is 0. The molecule has 0 amide bonds. The number of hydrogen-bond acceptors (Lipinski definition) is 2. The molecule has 0 aromatic carbocycles. The summed E-state index contributed by atoms with van der Waals surface area (Å²) in [5.74, 6) is -1.18. The van der Waals surface area contributed by atoms with E-state index in [1.807, 2.05) is 6.92 Å². The second-order valence-corrected chi connectivity index (χ2v) is 2.89. The Morgan fingerprint density at radius 2 is 2.09 bits per heavy atom. The molecule has 0 rings (SSSR count). The summed E-state index contributed by atoms with van der Waals surface area (Å²) in [5.41, 5.74) is -0.756. The molecule has 0 radical (unpaired) electrons. The van der Waals surface area contributed by atoms with Crippen molar-refractivity contribution in [3.8, 4) is 0 Å². The van der Waals surface area contributed by atoms with E-state index in [0.29, 0.717) is 0 Å². The summed E-state index contributed by atoms with van der Waals surface area (Å²) in [5, 5.41) is 17.8. The van der Waals surface area contributed by atoms with Gasteiger partial charge in [-0.3, -0.25) is 0 Å². The van der Waals surface area contributed by atoms with Crippen LogP contribution in [0, 0.1) is 0 Å². The lowest BCUT2D eigenvalue weighted by Gasteiger charge is -2.17. The quantitative estimate of drug-likeness (QED) is 0.606. The third kappa shape index (κ3) is 3.18. The van der Waals surface area contributed by atoms with Crippen LogP contribution >= 0.6 is 0 Å². The Morgan fingerprint density at radius 3 is 2.36 bits per heavy atom. The molecular weight excluding hydrogens is 144 g/mol. The normalized spacial score (nSPS) is 17.6. The molecular formula is C8H14O3. The smallest absolute Gasteiger partial charge is 0.335 e. The molecule has 0 bridgehead atoms. The molecule has 0 aliphatic heterocycles. The Labute approximate surface area is 66.4 Å². The molecule has 3 nitrogen and oxygen atoms in total. The molecule has 0 saturated heterocycles. The Morgan fingerprint density at radius 1 is 1.64 bits per heavy atom. The second-order valence-electron chi connectivity index (χ2n) is 2.89. The van der Waals surface area contributed by atoms with Gasteiger partial charge in [0.25, 0.3) is 0 Å². The summed E-state index contributed by atoms with van der Waals surface area (Å²) in [6.45, 7) is 4.90. The van der Waals surface area contributed by atoms with Gasteiger partial charge < -0.3 is 10.2 Å². The van der Waals surface area contributed by atoms with Crippen LogP contribution in [0.3, 0.4) is 0 Å². The first-order valence-electron chi connectivity index (χ1n) is 3.47. The average molecular weight is 158 g/mol. The van der Waals surface area contributed by atoms with Crippen LogP contribution in [0.1, 0.15) is 27.2 Å². The summed E-state index contributed by atoms with van der Waals surface area (Å²) in [6.07, 6.45) is 1.97. The topological polar surface area (TPSA) is 57.5 Å². The van der Waals surface area contributed by atoms with Gasteiger partial charge >= 0.3 is 5.97 Å². The fourth-order valence-corrected chi connectivity index (χ4v) is 0.721. The molecule has 0 heterocycles. The molecule has 3 heteroatoms. The molecule has 2 N–H and O–H groups in total. The van der Waals surface area contributed by atoms with Crippen LogP contribution in [0.25, 0.3) is 0 Å². The average Bonchev–Trinajstić information content (AvgIpc) is 1.86. The first-order chi connectivity index (χ1) is 4.90. The SMILES string of the molecule is C/C=C(/C)CC(C)(O)C(=O)O. The minimum atomic E-state index is -1.63. The van der Waals surface area contributed by atoms with E-state index in [0.717, 1.165) is 5.57 Å². The van der Waals surface area contributed by atoms with E-state index in [-0.39, 0.29) is 6.42 Å². The van der Waals surface area contributed by atoms with Gasteiger partial charge in [-0.25, -0.2) is 4.79 Å². The minimum Gasteiger partial charge on any atom is -0.479 e. The third-order valence-corrected chi connectivity index (χ3v) is 1.58. The fourth-order valence-electron chi connectivity index (χ4n) is 0.721. The summed E-state index contributed by atoms with van der Waals surface area (Å²) in [7, 11) is 0. The van der Waals surface area contributed by atoms with Crippen molar-refractivity contribution in [2.75, 3.05) is 0 Å². The van der Waals surface area contributed by atoms with Gasteiger partial charge in [0.05, 0.1) is 0 Å². The van der Waals surface area contributed by atoms with Crippen molar-refractivity contribution in [2.45, 2.75) is 32.8 Å². The predicted octanol–water partition coefficient (Wildman–Crippen LogP) is 1.18. The van der Waals surface area contributed by atoms with Gasteiger partial charge in [0.2, 0.25) is 0 Å². The van der Waals surface area contributed by atoms with Gasteiger partial charge in [-0.15, -0.1) is 0 Å². The zero-order chi connectivity index (χ0) is 9.07. The fraction of sp³-hybridized carbons (Fsp3) is 0.625. The van der Waals surface area contributed by atoms with Gasteiger partial charge in [-0.2, -0.15) is 0 Å². The number of aliphatic hydroxyl groups is 1. The van der Waals surface area contributed by atoms with Gasteiger partial charge in [-0.05, 0) is 20.8 Å². The zero-order valence-electron chi connectivity index (χ0n) is 7.09. The van der Waals surface area contributed by atoms with Crippen molar-refractivity contribution < 1.29 is 15.0 Å². The van der Waals surface area contributed by atoms with Gasteiger partial charge in [-0.1, -0.05) is 11.6 Å². The van der Waals surface area contributed by atoms with E-state index in [4.69, 9.17) is 5.11 Å². The van der Waals surface area contributed by atoms with Crippen LogP contribution in [0.5, 0.6) is 0 Å². The van der Waals surface area contributed by atoms with Crippen molar-refractivity contribution in [3.05, 3.63) is 11.6 Å². The Hall–Kier alpha value is -0.830. The monoisotopic (exact) mass is 158 g/mol. The van der Waals surface area contributed by atoms with E-state index in [1.165, 1.54) is 6.92 Å². The van der Waals surface area contributed by atoms with Gasteiger partial charge in [0.15, 0.2) is 5.60 Å². The van der Waals surface area contributed by atoms with Crippen LogP contribution in [0.2, 0.25) is 0 Å². The lowest BCUT2D eigenvalue weighted by molar-refractivity contribution is -0.156. The van der Waals surface area contributed by atoms with E-state index < -0.39 is 11.6 Å². The number of carbonyl (C=O) groups is 1. The first kappa shape index (κ1) is 10.2. The predicted molar refractivity (Wildman–Crippen MR) is 42.3 cm³/mol. The molecule has 64 valence electrons.